The molecule has 1 aliphatic rings. The second-order valence-corrected chi connectivity index (χ2v) is 6.06. The topological polar surface area (TPSA) is 58.8 Å². The molecule has 0 aromatic heterocycles. The number of piperazine rings is 1. The van der Waals surface area contributed by atoms with E-state index in [9.17, 15) is 4.79 Å². The zero-order chi connectivity index (χ0) is 15.6. The van der Waals surface area contributed by atoms with Gasteiger partial charge in [-0.1, -0.05) is 6.07 Å². The summed E-state index contributed by atoms with van der Waals surface area (Å²) in [6.07, 6.45) is 0. The summed E-state index contributed by atoms with van der Waals surface area (Å²) >= 11 is 0. The monoisotopic (exact) mass is 291 g/mol. The normalized spacial score (nSPS) is 18.9. The Morgan fingerprint density at radius 1 is 1.33 bits per heavy atom. The molecule has 0 saturated carbocycles. The van der Waals surface area contributed by atoms with Crippen LogP contribution in [-0.2, 0) is 17.9 Å². The van der Waals surface area contributed by atoms with Gasteiger partial charge in [0.25, 0.3) is 0 Å². The molecule has 1 aliphatic heterocycles. The zero-order valence-corrected chi connectivity index (χ0v) is 13.3. The number of nitrogens with zero attached hydrogens (tertiary/aromatic N) is 2. The molecule has 0 spiro atoms. The molecule has 0 aliphatic carbocycles. The summed E-state index contributed by atoms with van der Waals surface area (Å²) < 4.78 is 5.30. The van der Waals surface area contributed by atoms with Crippen LogP contribution >= 0.6 is 0 Å². The number of methoxy groups -OCH3 is 1. The van der Waals surface area contributed by atoms with Crippen LogP contribution in [0.25, 0.3) is 0 Å². The fraction of sp³-hybridized carbons (Fsp3) is 0.562. The molecule has 1 saturated heterocycles. The standard InChI is InChI=1S/C16H25N3O2/c1-16(2)15(20)18(3)7-8-19(16)11-12-5-6-14(21-4)13(9-12)10-17/h5-6,9H,7-8,10-11,17H2,1-4H3. The van der Waals surface area contributed by atoms with Crippen molar-refractivity contribution in [2.45, 2.75) is 32.5 Å². The van der Waals surface area contributed by atoms with Crippen molar-refractivity contribution in [3.63, 3.8) is 0 Å². The molecule has 0 radical (unpaired) electrons. The van der Waals surface area contributed by atoms with E-state index in [1.54, 1.807) is 12.0 Å². The average molecular weight is 291 g/mol. The van der Waals surface area contributed by atoms with Crippen LogP contribution in [0.1, 0.15) is 25.0 Å². The molecule has 5 nitrogen and oxygen atoms in total. The maximum atomic E-state index is 12.3. The molecule has 1 aromatic rings. The number of benzene rings is 1. The second-order valence-electron chi connectivity index (χ2n) is 6.06. The lowest BCUT2D eigenvalue weighted by Crippen LogP contribution is -2.61. The quantitative estimate of drug-likeness (QED) is 0.906. The largest absolute Gasteiger partial charge is 0.496 e. The van der Waals surface area contributed by atoms with E-state index in [2.05, 4.69) is 11.0 Å². The third-order valence-electron chi connectivity index (χ3n) is 4.30. The lowest BCUT2D eigenvalue weighted by atomic mass is 9.96. The molecule has 0 bridgehead atoms. The Morgan fingerprint density at radius 2 is 2.05 bits per heavy atom. The summed E-state index contributed by atoms with van der Waals surface area (Å²) in [5.41, 5.74) is 7.44. The first kappa shape index (κ1) is 15.8. The van der Waals surface area contributed by atoms with Gasteiger partial charge in [0.2, 0.25) is 5.91 Å². The van der Waals surface area contributed by atoms with Gasteiger partial charge in [-0.05, 0) is 31.5 Å². The molecular formula is C16H25N3O2. The molecule has 0 atom stereocenters. The number of amides is 1. The highest BCUT2D eigenvalue weighted by Crippen LogP contribution is 2.26. The van der Waals surface area contributed by atoms with Gasteiger partial charge >= 0.3 is 0 Å². The SMILES string of the molecule is COc1ccc(CN2CCN(C)C(=O)C2(C)C)cc1CN. The van der Waals surface area contributed by atoms with Crippen LogP contribution in [-0.4, -0.2) is 48.5 Å². The van der Waals surface area contributed by atoms with Crippen LogP contribution < -0.4 is 10.5 Å². The molecule has 1 aromatic carbocycles. The molecule has 1 amide bonds. The highest BCUT2D eigenvalue weighted by atomic mass is 16.5. The highest BCUT2D eigenvalue weighted by Gasteiger charge is 2.40. The number of likely N-dealkylation sites (N-methyl/N-ethyl adjacent to an activating group) is 1. The highest BCUT2D eigenvalue weighted by molar-refractivity contribution is 5.86. The molecule has 0 unspecified atom stereocenters. The Bertz CT molecular complexity index is 528. The van der Waals surface area contributed by atoms with E-state index in [1.165, 1.54) is 0 Å². The second kappa shape index (κ2) is 6.03. The number of nitrogens with two attached hydrogens (primary N) is 1. The van der Waals surface area contributed by atoms with Gasteiger partial charge in [0.1, 0.15) is 5.75 Å². The van der Waals surface area contributed by atoms with Crippen molar-refractivity contribution in [2.24, 2.45) is 5.73 Å². The third-order valence-corrected chi connectivity index (χ3v) is 4.30. The number of carbonyl (C=O) groups excluding carboxylic acids is 1. The van der Waals surface area contributed by atoms with E-state index in [0.717, 1.165) is 36.5 Å². The third kappa shape index (κ3) is 3.04. The Balaban J connectivity index is 2.20. The minimum Gasteiger partial charge on any atom is -0.496 e. The maximum absolute atomic E-state index is 12.3. The van der Waals surface area contributed by atoms with E-state index in [-0.39, 0.29) is 5.91 Å². The van der Waals surface area contributed by atoms with Gasteiger partial charge in [-0.15, -0.1) is 0 Å². The summed E-state index contributed by atoms with van der Waals surface area (Å²) in [6, 6.07) is 6.05. The Hall–Kier alpha value is -1.59. The maximum Gasteiger partial charge on any atom is 0.242 e. The van der Waals surface area contributed by atoms with E-state index >= 15 is 0 Å². The van der Waals surface area contributed by atoms with Crippen LogP contribution in [0.3, 0.4) is 0 Å². The first-order valence-corrected chi connectivity index (χ1v) is 7.26. The Kier molecular flexibility index (Phi) is 4.54. The van der Waals surface area contributed by atoms with Crippen molar-refractivity contribution in [2.75, 3.05) is 27.2 Å². The number of ether oxygens (including phenoxy) is 1. The molecule has 2 N–H and O–H groups in total. The Labute approximate surface area is 126 Å². The van der Waals surface area contributed by atoms with Gasteiger partial charge in [-0.3, -0.25) is 9.69 Å². The van der Waals surface area contributed by atoms with Crippen molar-refractivity contribution < 1.29 is 9.53 Å². The van der Waals surface area contributed by atoms with Crippen molar-refractivity contribution >= 4 is 5.91 Å². The van der Waals surface area contributed by atoms with Crippen LogP contribution in [0.15, 0.2) is 18.2 Å². The van der Waals surface area contributed by atoms with E-state index in [4.69, 9.17) is 10.5 Å². The van der Waals surface area contributed by atoms with Gasteiger partial charge < -0.3 is 15.4 Å². The summed E-state index contributed by atoms with van der Waals surface area (Å²) in [5, 5.41) is 0. The first-order valence-electron chi connectivity index (χ1n) is 7.26. The van der Waals surface area contributed by atoms with Crippen molar-refractivity contribution in [3.8, 4) is 5.75 Å². The summed E-state index contributed by atoms with van der Waals surface area (Å²) in [7, 11) is 3.51. The fourth-order valence-electron chi connectivity index (χ4n) is 2.84. The van der Waals surface area contributed by atoms with Gasteiger partial charge in [-0.25, -0.2) is 0 Å². The number of rotatable bonds is 4. The van der Waals surface area contributed by atoms with Gasteiger partial charge in [-0.2, -0.15) is 0 Å². The number of hydrogen-bond donors (Lipinski definition) is 1. The average Bonchev–Trinajstić information content (AvgIpc) is 2.48. The van der Waals surface area contributed by atoms with Gasteiger partial charge in [0, 0.05) is 38.8 Å². The summed E-state index contributed by atoms with van der Waals surface area (Å²) in [5.74, 6) is 0.983. The van der Waals surface area contributed by atoms with Crippen molar-refractivity contribution in [1.82, 2.24) is 9.80 Å². The lowest BCUT2D eigenvalue weighted by molar-refractivity contribution is -0.147. The van der Waals surface area contributed by atoms with Crippen molar-refractivity contribution in [1.29, 1.82) is 0 Å². The molecule has 1 fully saturated rings. The van der Waals surface area contributed by atoms with Crippen LogP contribution in [0.4, 0.5) is 0 Å². The molecule has 2 rings (SSSR count). The lowest BCUT2D eigenvalue weighted by Gasteiger charge is -2.44. The zero-order valence-electron chi connectivity index (χ0n) is 13.3. The van der Waals surface area contributed by atoms with Crippen molar-refractivity contribution in [3.05, 3.63) is 29.3 Å². The number of hydrogen-bond acceptors (Lipinski definition) is 4. The predicted octanol–water partition coefficient (Wildman–Crippen LogP) is 1.21. The smallest absolute Gasteiger partial charge is 0.242 e. The van der Waals surface area contributed by atoms with E-state index < -0.39 is 5.54 Å². The molecular weight excluding hydrogens is 266 g/mol. The van der Waals surface area contributed by atoms with E-state index in [0.29, 0.717) is 6.54 Å². The fourth-order valence-corrected chi connectivity index (χ4v) is 2.84. The number of carbonyl (C=O) groups is 1. The molecule has 1 heterocycles. The van der Waals surface area contributed by atoms with E-state index in [1.807, 2.05) is 33.0 Å². The van der Waals surface area contributed by atoms with Crippen LogP contribution in [0.2, 0.25) is 0 Å². The minimum absolute atomic E-state index is 0.168. The van der Waals surface area contributed by atoms with Crippen LogP contribution in [0, 0.1) is 0 Å². The van der Waals surface area contributed by atoms with Crippen LogP contribution in [0.5, 0.6) is 5.75 Å². The summed E-state index contributed by atoms with van der Waals surface area (Å²) in [4.78, 5) is 16.3. The van der Waals surface area contributed by atoms with Gasteiger partial charge in [0.05, 0.1) is 12.6 Å². The molecule has 5 heteroatoms. The summed E-state index contributed by atoms with van der Waals surface area (Å²) in [6.45, 7) is 6.80. The molecule has 116 valence electrons. The Morgan fingerprint density at radius 3 is 2.67 bits per heavy atom. The van der Waals surface area contributed by atoms with Gasteiger partial charge in [0.15, 0.2) is 0 Å². The minimum atomic E-state index is -0.476. The first-order chi connectivity index (χ1) is 9.90. The molecule has 21 heavy (non-hydrogen) atoms. The predicted molar refractivity (Wildman–Crippen MR) is 83.0 cm³/mol.